The van der Waals surface area contributed by atoms with Crippen LogP contribution in [0.5, 0.6) is 0 Å². The van der Waals surface area contributed by atoms with Gasteiger partial charge in [-0.05, 0) is 52.3 Å². The zero-order chi connectivity index (χ0) is 19.6. The summed E-state index contributed by atoms with van der Waals surface area (Å²) in [6.45, 7) is 1.59. The summed E-state index contributed by atoms with van der Waals surface area (Å²) in [5.74, 6) is -0.0846. The lowest BCUT2D eigenvalue weighted by Crippen LogP contribution is -2.14. The van der Waals surface area contributed by atoms with Gasteiger partial charge in [-0.2, -0.15) is 0 Å². The Balaban J connectivity index is 1.68. The maximum absolute atomic E-state index is 12.1. The van der Waals surface area contributed by atoms with Crippen LogP contribution >= 0.6 is 43.6 Å². The quantitative estimate of drug-likeness (QED) is 0.454. The molecule has 142 valence electrons. The standard InChI is InChI=1S/C17H14Br2N2O4S2/c1-2-27(23,24)11-4-6-15-14(8-11)21-17(25-15)26-9-16(22)20-13-5-3-10(18)7-12(13)19/h3-8H,2,9H2,1H3,(H,20,22). The summed E-state index contributed by atoms with van der Waals surface area (Å²) in [4.78, 5) is 16.6. The Labute approximate surface area is 177 Å². The number of anilines is 1. The van der Waals surface area contributed by atoms with Crippen molar-refractivity contribution in [2.45, 2.75) is 17.0 Å². The van der Waals surface area contributed by atoms with Crippen LogP contribution in [0.25, 0.3) is 11.1 Å². The zero-order valence-electron chi connectivity index (χ0n) is 14.0. The normalized spacial score (nSPS) is 11.7. The van der Waals surface area contributed by atoms with E-state index in [0.717, 1.165) is 20.7 Å². The van der Waals surface area contributed by atoms with Crippen LogP contribution in [0.4, 0.5) is 5.69 Å². The Morgan fingerprint density at radius 3 is 2.70 bits per heavy atom. The molecule has 0 atom stereocenters. The summed E-state index contributed by atoms with van der Waals surface area (Å²) < 4.78 is 31.2. The van der Waals surface area contributed by atoms with Crippen LogP contribution in [0.3, 0.4) is 0 Å². The molecule has 27 heavy (non-hydrogen) atoms. The van der Waals surface area contributed by atoms with E-state index in [0.29, 0.717) is 22.0 Å². The van der Waals surface area contributed by atoms with Crippen molar-refractivity contribution in [3.63, 3.8) is 0 Å². The average Bonchev–Trinajstić information content (AvgIpc) is 3.04. The van der Waals surface area contributed by atoms with Crippen LogP contribution in [0.2, 0.25) is 0 Å². The van der Waals surface area contributed by atoms with Gasteiger partial charge in [-0.15, -0.1) is 0 Å². The minimum Gasteiger partial charge on any atom is -0.431 e. The average molecular weight is 534 g/mol. The molecule has 0 aliphatic heterocycles. The van der Waals surface area contributed by atoms with Gasteiger partial charge in [0.2, 0.25) is 5.91 Å². The van der Waals surface area contributed by atoms with Gasteiger partial charge in [0.1, 0.15) is 5.52 Å². The minimum atomic E-state index is -3.31. The molecule has 1 N–H and O–H groups in total. The highest BCUT2D eigenvalue weighted by Crippen LogP contribution is 2.28. The number of halogens is 2. The monoisotopic (exact) mass is 532 g/mol. The smallest absolute Gasteiger partial charge is 0.257 e. The number of amides is 1. The highest BCUT2D eigenvalue weighted by atomic mass is 79.9. The highest BCUT2D eigenvalue weighted by molar-refractivity contribution is 9.11. The van der Waals surface area contributed by atoms with Crippen LogP contribution in [0, 0.1) is 0 Å². The van der Waals surface area contributed by atoms with Crippen molar-refractivity contribution in [3.8, 4) is 0 Å². The fourth-order valence-corrected chi connectivity index (χ4v) is 4.90. The van der Waals surface area contributed by atoms with E-state index in [1.54, 1.807) is 19.1 Å². The second-order valence-electron chi connectivity index (χ2n) is 5.47. The fraction of sp³-hybridized carbons (Fsp3) is 0.176. The summed E-state index contributed by atoms with van der Waals surface area (Å²) >= 11 is 7.89. The molecule has 0 spiro atoms. The minimum absolute atomic E-state index is 0.0176. The van der Waals surface area contributed by atoms with Crippen molar-refractivity contribution in [3.05, 3.63) is 45.3 Å². The van der Waals surface area contributed by atoms with E-state index in [-0.39, 0.29) is 22.3 Å². The van der Waals surface area contributed by atoms with E-state index in [1.807, 2.05) is 12.1 Å². The van der Waals surface area contributed by atoms with Crippen LogP contribution < -0.4 is 5.32 Å². The zero-order valence-corrected chi connectivity index (χ0v) is 18.8. The molecule has 0 saturated carbocycles. The number of oxazole rings is 1. The molecule has 0 unspecified atom stereocenters. The largest absolute Gasteiger partial charge is 0.431 e. The molecule has 3 rings (SSSR count). The number of nitrogens with one attached hydrogen (secondary N) is 1. The Hall–Kier alpha value is -1.36. The fourth-order valence-electron chi connectivity index (χ4n) is 2.21. The van der Waals surface area contributed by atoms with Crippen LogP contribution in [0.15, 0.2) is 59.9 Å². The summed E-state index contributed by atoms with van der Waals surface area (Å²) in [7, 11) is -3.31. The first-order valence-corrected chi connectivity index (χ1v) is 12.0. The summed E-state index contributed by atoms with van der Waals surface area (Å²) in [6, 6.07) is 10.0. The first-order chi connectivity index (χ1) is 12.8. The van der Waals surface area contributed by atoms with Gasteiger partial charge in [0, 0.05) is 8.95 Å². The Morgan fingerprint density at radius 2 is 2.00 bits per heavy atom. The van der Waals surface area contributed by atoms with Gasteiger partial charge in [-0.25, -0.2) is 13.4 Å². The van der Waals surface area contributed by atoms with Gasteiger partial charge in [-0.3, -0.25) is 4.79 Å². The van der Waals surface area contributed by atoms with Crippen molar-refractivity contribution >= 4 is 76.2 Å². The number of carbonyl (C=O) groups excluding carboxylic acids is 1. The SMILES string of the molecule is CCS(=O)(=O)c1ccc2oc(SCC(=O)Nc3ccc(Br)cc3Br)nc2c1. The van der Waals surface area contributed by atoms with E-state index >= 15 is 0 Å². The number of thioether (sulfide) groups is 1. The molecule has 6 nitrogen and oxygen atoms in total. The Kier molecular flexibility index (Phi) is 6.29. The maximum Gasteiger partial charge on any atom is 0.257 e. The molecule has 0 radical (unpaired) electrons. The third-order valence-electron chi connectivity index (χ3n) is 3.61. The summed E-state index contributed by atoms with van der Waals surface area (Å²) in [5.41, 5.74) is 1.59. The molecule has 0 saturated heterocycles. The van der Waals surface area contributed by atoms with Crippen molar-refractivity contribution in [2.75, 3.05) is 16.8 Å². The van der Waals surface area contributed by atoms with Gasteiger partial charge >= 0.3 is 0 Å². The molecule has 10 heteroatoms. The lowest BCUT2D eigenvalue weighted by molar-refractivity contribution is -0.113. The van der Waals surface area contributed by atoms with Crippen LogP contribution in [0.1, 0.15) is 6.92 Å². The van der Waals surface area contributed by atoms with Crippen molar-refractivity contribution in [1.29, 1.82) is 0 Å². The molecule has 2 aromatic carbocycles. The maximum atomic E-state index is 12.1. The highest BCUT2D eigenvalue weighted by Gasteiger charge is 2.15. The van der Waals surface area contributed by atoms with Gasteiger partial charge in [0.15, 0.2) is 15.4 Å². The van der Waals surface area contributed by atoms with E-state index < -0.39 is 9.84 Å². The molecule has 1 heterocycles. The lowest BCUT2D eigenvalue weighted by atomic mass is 10.3. The Morgan fingerprint density at radius 1 is 1.22 bits per heavy atom. The third kappa shape index (κ3) is 4.92. The van der Waals surface area contributed by atoms with Gasteiger partial charge < -0.3 is 9.73 Å². The van der Waals surface area contributed by atoms with E-state index in [2.05, 4.69) is 42.2 Å². The molecule has 3 aromatic rings. The first kappa shape index (κ1) is 20.4. The lowest BCUT2D eigenvalue weighted by Gasteiger charge is -2.06. The second-order valence-corrected chi connectivity index (χ2v) is 10.4. The molecular formula is C17H14Br2N2O4S2. The predicted octanol–water partition coefficient (Wildman–Crippen LogP) is 4.88. The van der Waals surface area contributed by atoms with Crippen LogP contribution in [-0.2, 0) is 14.6 Å². The van der Waals surface area contributed by atoms with Crippen molar-refractivity contribution in [2.24, 2.45) is 0 Å². The van der Waals surface area contributed by atoms with Crippen molar-refractivity contribution in [1.82, 2.24) is 4.98 Å². The van der Waals surface area contributed by atoms with Crippen molar-refractivity contribution < 1.29 is 17.6 Å². The van der Waals surface area contributed by atoms with E-state index in [9.17, 15) is 13.2 Å². The number of carbonyl (C=O) groups is 1. The number of nitrogens with zero attached hydrogens (tertiary/aromatic N) is 1. The number of fused-ring (bicyclic) bond motifs is 1. The predicted molar refractivity (Wildman–Crippen MR) is 113 cm³/mol. The molecule has 0 aliphatic carbocycles. The summed E-state index contributed by atoms with van der Waals surface area (Å²) in [6.07, 6.45) is 0. The molecule has 0 bridgehead atoms. The number of rotatable bonds is 6. The molecule has 1 aromatic heterocycles. The molecule has 0 aliphatic rings. The number of hydrogen-bond acceptors (Lipinski definition) is 6. The summed E-state index contributed by atoms with van der Waals surface area (Å²) in [5, 5.41) is 3.11. The Bertz CT molecular complexity index is 1110. The van der Waals surface area contributed by atoms with E-state index in [1.165, 1.54) is 12.1 Å². The second kappa shape index (κ2) is 8.34. The third-order valence-corrected chi connectivity index (χ3v) is 7.32. The number of hydrogen-bond donors (Lipinski definition) is 1. The molecular weight excluding hydrogens is 520 g/mol. The van der Waals surface area contributed by atoms with E-state index in [4.69, 9.17) is 4.42 Å². The molecule has 1 amide bonds. The van der Waals surface area contributed by atoms with Gasteiger partial charge in [-0.1, -0.05) is 34.6 Å². The topological polar surface area (TPSA) is 89.3 Å². The van der Waals surface area contributed by atoms with Gasteiger partial charge in [0.05, 0.1) is 22.1 Å². The molecule has 0 fully saturated rings. The number of sulfone groups is 1. The van der Waals surface area contributed by atoms with Gasteiger partial charge in [0.25, 0.3) is 5.22 Å². The number of benzene rings is 2. The van der Waals surface area contributed by atoms with Crippen LogP contribution in [-0.4, -0.2) is 30.8 Å². The number of aromatic nitrogens is 1. The first-order valence-electron chi connectivity index (χ1n) is 7.79.